The Kier molecular flexibility index (Phi) is 5.92. The van der Waals surface area contributed by atoms with Crippen molar-refractivity contribution < 1.29 is 0 Å². The molecule has 0 bridgehead atoms. The molecule has 138 valence electrons. The van der Waals surface area contributed by atoms with Crippen molar-refractivity contribution in [2.45, 2.75) is 52.6 Å². The van der Waals surface area contributed by atoms with Crippen molar-refractivity contribution in [3.05, 3.63) is 16.3 Å². The number of rotatable bonds is 7. The van der Waals surface area contributed by atoms with E-state index in [1.807, 2.05) is 0 Å². The van der Waals surface area contributed by atoms with Crippen molar-refractivity contribution in [3.63, 3.8) is 0 Å². The van der Waals surface area contributed by atoms with E-state index in [-0.39, 0.29) is 0 Å². The summed E-state index contributed by atoms with van der Waals surface area (Å²) in [6.45, 7) is 10.9. The van der Waals surface area contributed by atoms with Crippen LogP contribution in [0.25, 0.3) is 10.2 Å². The molecule has 1 saturated heterocycles. The Bertz CT molecular complexity index is 718. The van der Waals surface area contributed by atoms with Crippen molar-refractivity contribution in [2.75, 3.05) is 39.0 Å². The molecule has 1 unspecified atom stereocenters. The first-order chi connectivity index (χ1) is 11.9. The van der Waals surface area contributed by atoms with Crippen LogP contribution < -0.4 is 5.32 Å². The highest BCUT2D eigenvalue weighted by Gasteiger charge is 2.19. The monoisotopic (exact) mass is 361 g/mol. The molecule has 3 rings (SSSR count). The van der Waals surface area contributed by atoms with Gasteiger partial charge in [0.15, 0.2) is 0 Å². The quantitative estimate of drug-likeness (QED) is 0.815. The SMILES string of the molecule is Cc1sc2nc(CN3CCCC3)nc(NC(C)CCN(C)C)c2c1C. The summed E-state index contributed by atoms with van der Waals surface area (Å²) in [5.41, 5.74) is 1.31. The van der Waals surface area contributed by atoms with Gasteiger partial charge in [-0.1, -0.05) is 0 Å². The maximum Gasteiger partial charge on any atom is 0.146 e. The molecule has 0 aromatic carbocycles. The van der Waals surface area contributed by atoms with Gasteiger partial charge in [0.1, 0.15) is 16.5 Å². The molecule has 0 amide bonds. The summed E-state index contributed by atoms with van der Waals surface area (Å²) in [6, 6.07) is 0.389. The van der Waals surface area contributed by atoms with Crippen LogP contribution in [-0.4, -0.2) is 59.5 Å². The number of nitrogens with zero attached hydrogens (tertiary/aromatic N) is 4. The minimum atomic E-state index is 0.389. The van der Waals surface area contributed by atoms with Gasteiger partial charge in [-0.15, -0.1) is 11.3 Å². The average molecular weight is 362 g/mol. The molecular formula is C19H31N5S. The number of hydrogen-bond donors (Lipinski definition) is 1. The summed E-state index contributed by atoms with van der Waals surface area (Å²) < 4.78 is 0. The largest absolute Gasteiger partial charge is 0.367 e. The van der Waals surface area contributed by atoms with Crippen molar-refractivity contribution in [1.29, 1.82) is 0 Å². The molecule has 0 saturated carbocycles. The van der Waals surface area contributed by atoms with Gasteiger partial charge in [0, 0.05) is 10.9 Å². The molecule has 2 aromatic heterocycles. The zero-order valence-electron chi connectivity index (χ0n) is 16.2. The van der Waals surface area contributed by atoms with Crippen LogP contribution in [0, 0.1) is 13.8 Å². The lowest BCUT2D eigenvalue weighted by Gasteiger charge is -2.19. The van der Waals surface area contributed by atoms with E-state index in [9.17, 15) is 0 Å². The molecule has 0 aliphatic carbocycles. The summed E-state index contributed by atoms with van der Waals surface area (Å²) in [5.74, 6) is 1.98. The highest BCUT2D eigenvalue weighted by atomic mass is 32.1. The number of likely N-dealkylation sites (tertiary alicyclic amines) is 1. The zero-order chi connectivity index (χ0) is 18.0. The molecule has 1 N–H and O–H groups in total. The minimum Gasteiger partial charge on any atom is -0.367 e. The molecule has 0 radical (unpaired) electrons. The fourth-order valence-electron chi connectivity index (χ4n) is 3.37. The predicted molar refractivity (Wildman–Crippen MR) is 108 cm³/mol. The maximum absolute atomic E-state index is 4.93. The summed E-state index contributed by atoms with van der Waals surface area (Å²) in [5, 5.41) is 4.88. The summed E-state index contributed by atoms with van der Waals surface area (Å²) in [7, 11) is 4.24. The Labute approximate surface area is 155 Å². The Balaban J connectivity index is 1.87. The third-order valence-corrected chi connectivity index (χ3v) is 6.13. The van der Waals surface area contributed by atoms with Crippen LogP contribution in [0.1, 0.15) is 42.5 Å². The van der Waals surface area contributed by atoms with Crippen LogP contribution >= 0.6 is 11.3 Å². The molecule has 1 aliphatic heterocycles. The molecule has 2 aromatic rings. The van der Waals surface area contributed by atoms with E-state index in [2.05, 4.69) is 50.0 Å². The summed E-state index contributed by atoms with van der Waals surface area (Å²) in [4.78, 5) is 17.0. The number of anilines is 1. The van der Waals surface area contributed by atoms with Gasteiger partial charge in [-0.3, -0.25) is 4.90 Å². The van der Waals surface area contributed by atoms with Crippen LogP contribution in [0.4, 0.5) is 5.82 Å². The molecule has 0 spiro atoms. The Morgan fingerprint density at radius 3 is 2.60 bits per heavy atom. The van der Waals surface area contributed by atoms with Crippen LogP contribution in [0.3, 0.4) is 0 Å². The van der Waals surface area contributed by atoms with Crippen molar-refractivity contribution in [2.24, 2.45) is 0 Å². The summed E-state index contributed by atoms with van der Waals surface area (Å²) >= 11 is 1.79. The minimum absolute atomic E-state index is 0.389. The highest BCUT2D eigenvalue weighted by Crippen LogP contribution is 2.34. The van der Waals surface area contributed by atoms with Crippen LogP contribution in [-0.2, 0) is 6.54 Å². The second-order valence-corrected chi connectivity index (χ2v) is 8.78. The van der Waals surface area contributed by atoms with Gasteiger partial charge in [-0.05, 0) is 79.3 Å². The third kappa shape index (κ3) is 4.49. The predicted octanol–water partition coefficient (Wildman–Crippen LogP) is 3.66. The van der Waals surface area contributed by atoms with E-state index >= 15 is 0 Å². The number of hydrogen-bond acceptors (Lipinski definition) is 6. The molecule has 25 heavy (non-hydrogen) atoms. The lowest BCUT2D eigenvalue weighted by atomic mass is 10.2. The van der Waals surface area contributed by atoms with E-state index in [0.29, 0.717) is 6.04 Å². The topological polar surface area (TPSA) is 44.3 Å². The van der Waals surface area contributed by atoms with Gasteiger partial charge in [0.05, 0.1) is 11.9 Å². The van der Waals surface area contributed by atoms with Gasteiger partial charge in [0.25, 0.3) is 0 Å². The molecule has 1 aliphatic rings. The average Bonchev–Trinajstić information content (AvgIpc) is 3.14. The summed E-state index contributed by atoms with van der Waals surface area (Å²) in [6.07, 6.45) is 3.69. The Hall–Kier alpha value is -1.24. The highest BCUT2D eigenvalue weighted by molar-refractivity contribution is 7.18. The number of thiophene rings is 1. The van der Waals surface area contributed by atoms with E-state index in [0.717, 1.165) is 36.0 Å². The van der Waals surface area contributed by atoms with Gasteiger partial charge >= 0.3 is 0 Å². The zero-order valence-corrected chi connectivity index (χ0v) is 17.0. The normalized spacial score (nSPS) is 16.9. The van der Waals surface area contributed by atoms with E-state index in [1.54, 1.807) is 11.3 Å². The fraction of sp³-hybridized carbons (Fsp3) is 0.684. The Morgan fingerprint density at radius 1 is 1.20 bits per heavy atom. The first kappa shape index (κ1) is 18.5. The van der Waals surface area contributed by atoms with Crippen LogP contribution in [0.5, 0.6) is 0 Å². The number of aryl methyl sites for hydroxylation is 2. The van der Waals surface area contributed by atoms with Crippen molar-refractivity contribution in [3.8, 4) is 0 Å². The number of aromatic nitrogens is 2. The molecule has 5 nitrogen and oxygen atoms in total. The first-order valence-electron chi connectivity index (χ1n) is 9.34. The molecule has 6 heteroatoms. The van der Waals surface area contributed by atoms with E-state index < -0.39 is 0 Å². The lowest BCUT2D eigenvalue weighted by molar-refractivity contribution is 0.323. The number of fused-ring (bicyclic) bond motifs is 1. The standard InChI is InChI=1S/C19H31N5S/c1-13(8-11-23(4)5)20-18-17-14(2)15(3)25-19(17)22-16(21-18)12-24-9-6-7-10-24/h13H,6-12H2,1-5H3,(H,20,21,22). The van der Waals surface area contributed by atoms with Gasteiger partial charge in [-0.2, -0.15) is 0 Å². The Morgan fingerprint density at radius 2 is 1.92 bits per heavy atom. The third-order valence-electron chi connectivity index (χ3n) is 5.03. The smallest absolute Gasteiger partial charge is 0.146 e. The van der Waals surface area contributed by atoms with Gasteiger partial charge in [0.2, 0.25) is 0 Å². The second-order valence-electron chi connectivity index (χ2n) is 7.57. The maximum atomic E-state index is 4.93. The lowest BCUT2D eigenvalue weighted by Crippen LogP contribution is -2.24. The van der Waals surface area contributed by atoms with Gasteiger partial charge in [-0.25, -0.2) is 9.97 Å². The van der Waals surface area contributed by atoms with Crippen molar-refractivity contribution >= 4 is 27.4 Å². The fourth-order valence-corrected chi connectivity index (χ4v) is 4.42. The van der Waals surface area contributed by atoms with E-state index in [1.165, 1.54) is 41.8 Å². The molecule has 1 fully saturated rings. The second kappa shape index (κ2) is 7.98. The number of nitrogens with one attached hydrogen (secondary N) is 1. The van der Waals surface area contributed by atoms with E-state index in [4.69, 9.17) is 9.97 Å². The molecular weight excluding hydrogens is 330 g/mol. The van der Waals surface area contributed by atoms with Gasteiger partial charge < -0.3 is 10.2 Å². The molecule has 1 atom stereocenters. The first-order valence-corrected chi connectivity index (χ1v) is 10.2. The molecule has 3 heterocycles. The van der Waals surface area contributed by atoms with Crippen LogP contribution in [0.2, 0.25) is 0 Å². The van der Waals surface area contributed by atoms with Crippen molar-refractivity contribution in [1.82, 2.24) is 19.8 Å². The van der Waals surface area contributed by atoms with Crippen LogP contribution in [0.15, 0.2) is 0 Å².